The van der Waals surface area contributed by atoms with Gasteiger partial charge in [-0.1, -0.05) is 12.1 Å². The van der Waals surface area contributed by atoms with E-state index in [9.17, 15) is 4.79 Å². The summed E-state index contributed by atoms with van der Waals surface area (Å²) >= 11 is 0. The highest BCUT2D eigenvalue weighted by atomic mass is 16.5. The SMILES string of the molecule is COc1cccc(Nc2cccc(=O)n2-c2cc(OC)c(OC)c(OC)c2)c1. The first-order valence-electron chi connectivity index (χ1n) is 8.54. The molecule has 0 amide bonds. The molecule has 0 aliphatic heterocycles. The van der Waals surface area contributed by atoms with Crippen LogP contribution in [0.4, 0.5) is 11.5 Å². The summed E-state index contributed by atoms with van der Waals surface area (Å²) in [6, 6.07) is 15.9. The Labute approximate surface area is 163 Å². The van der Waals surface area contributed by atoms with Gasteiger partial charge in [0.05, 0.1) is 34.1 Å². The highest BCUT2D eigenvalue weighted by Crippen LogP contribution is 2.39. The average molecular weight is 382 g/mol. The van der Waals surface area contributed by atoms with Gasteiger partial charge in [0.2, 0.25) is 5.75 Å². The Morgan fingerprint density at radius 3 is 2.07 bits per heavy atom. The zero-order valence-electron chi connectivity index (χ0n) is 16.2. The fourth-order valence-corrected chi connectivity index (χ4v) is 2.90. The number of nitrogens with zero attached hydrogens (tertiary/aromatic N) is 1. The highest BCUT2D eigenvalue weighted by Gasteiger charge is 2.16. The molecule has 3 rings (SSSR count). The van der Waals surface area contributed by atoms with Gasteiger partial charge in [-0.3, -0.25) is 9.36 Å². The van der Waals surface area contributed by atoms with Crippen LogP contribution in [0.3, 0.4) is 0 Å². The van der Waals surface area contributed by atoms with Crippen molar-refractivity contribution < 1.29 is 18.9 Å². The Bertz CT molecular complexity index is 1000. The summed E-state index contributed by atoms with van der Waals surface area (Å²) in [4.78, 5) is 12.7. The maximum atomic E-state index is 12.7. The van der Waals surface area contributed by atoms with Gasteiger partial charge in [-0.15, -0.1) is 0 Å². The summed E-state index contributed by atoms with van der Waals surface area (Å²) in [7, 11) is 6.20. The van der Waals surface area contributed by atoms with Crippen molar-refractivity contribution in [1.29, 1.82) is 0 Å². The number of methoxy groups -OCH3 is 4. The lowest BCUT2D eigenvalue weighted by molar-refractivity contribution is 0.324. The van der Waals surface area contributed by atoms with E-state index in [1.807, 2.05) is 30.3 Å². The van der Waals surface area contributed by atoms with E-state index in [1.54, 1.807) is 25.3 Å². The summed E-state index contributed by atoms with van der Waals surface area (Å²) in [6.45, 7) is 0. The number of pyridine rings is 1. The number of hydrogen-bond donors (Lipinski definition) is 1. The first-order valence-corrected chi connectivity index (χ1v) is 8.54. The Morgan fingerprint density at radius 1 is 0.786 bits per heavy atom. The lowest BCUT2D eigenvalue weighted by Crippen LogP contribution is -2.19. The van der Waals surface area contributed by atoms with E-state index in [0.717, 1.165) is 5.69 Å². The molecule has 1 aromatic heterocycles. The van der Waals surface area contributed by atoms with E-state index < -0.39 is 0 Å². The summed E-state index contributed by atoms with van der Waals surface area (Å²) in [6.07, 6.45) is 0. The molecule has 0 radical (unpaired) electrons. The molecule has 0 aliphatic rings. The number of ether oxygens (including phenoxy) is 4. The molecule has 146 valence electrons. The molecule has 0 fully saturated rings. The van der Waals surface area contributed by atoms with Crippen molar-refractivity contribution in [3.63, 3.8) is 0 Å². The van der Waals surface area contributed by atoms with E-state index in [4.69, 9.17) is 18.9 Å². The van der Waals surface area contributed by atoms with Gasteiger partial charge >= 0.3 is 0 Å². The van der Waals surface area contributed by atoms with Crippen molar-refractivity contribution in [3.8, 4) is 28.7 Å². The molecule has 0 aliphatic carbocycles. The summed E-state index contributed by atoms with van der Waals surface area (Å²) in [5, 5.41) is 3.26. The van der Waals surface area contributed by atoms with Crippen LogP contribution in [0.25, 0.3) is 5.69 Å². The molecule has 0 saturated heterocycles. The van der Waals surface area contributed by atoms with Crippen LogP contribution in [0.2, 0.25) is 0 Å². The minimum Gasteiger partial charge on any atom is -0.497 e. The molecule has 7 nitrogen and oxygen atoms in total. The number of nitrogens with one attached hydrogen (secondary N) is 1. The molecule has 7 heteroatoms. The Hall–Kier alpha value is -3.61. The van der Waals surface area contributed by atoms with Crippen molar-refractivity contribution >= 4 is 11.5 Å². The smallest absolute Gasteiger partial charge is 0.256 e. The zero-order chi connectivity index (χ0) is 20.1. The molecule has 1 N–H and O–H groups in total. The highest BCUT2D eigenvalue weighted by molar-refractivity contribution is 5.64. The molecular formula is C21H22N2O5. The van der Waals surface area contributed by atoms with Crippen LogP contribution < -0.4 is 29.8 Å². The van der Waals surface area contributed by atoms with Gasteiger partial charge in [0.15, 0.2) is 11.5 Å². The molecule has 0 bridgehead atoms. The third-order valence-corrected chi connectivity index (χ3v) is 4.20. The lowest BCUT2D eigenvalue weighted by Gasteiger charge is -2.18. The molecule has 28 heavy (non-hydrogen) atoms. The van der Waals surface area contributed by atoms with Crippen LogP contribution in [0.5, 0.6) is 23.0 Å². The van der Waals surface area contributed by atoms with Crippen molar-refractivity contribution in [2.24, 2.45) is 0 Å². The molecule has 0 atom stereocenters. The van der Waals surface area contributed by atoms with E-state index in [1.165, 1.54) is 32.0 Å². The molecule has 1 heterocycles. The number of hydrogen-bond acceptors (Lipinski definition) is 6. The lowest BCUT2D eigenvalue weighted by atomic mass is 10.2. The average Bonchev–Trinajstić information content (AvgIpc) is 2.73. The van der Waals surface area contributed by atoms with Crippen molar-refractivity contribution in [2.45, 2.75) is 0 Å². The first kappa shape index (κ1) is 19.2. The number of aromatic nitrogens is 1. The van der Waals surface area contributed by atoms with Crippen LogP contribution in [-0.4, -0.2) is 33.0 Å². The van der Waals surface area contributed by atoms with Crippen molar-refractivity contribution in [1.82, 2.24) is 4.57 Å². The van der Waals surface area contributed by atoms with E-state index in [2.05, 4.69) is 5.32 Å². The molecule has 0 saturated carbocycles. The molecular weight excluding hydrogens is 360 g/mol. The maximum absolute atomic E-state index is 12.7. The molecule has 3 aromatic rings. The molecule has 0 spiro atoms. The predicted octanol–water partition coefficient (Wildman–Crippen LogP) is 3.62. The van der Waals surface area contributed by atoms with Gasteiger partial charge in [-0.05, 0) is 18.2 Å². The molecule has 0 unspecified atom stereocenters. The van der Waals surface area contributed by atoms with Crippen LogP contribution in [0.1, 0.15) is 0 Å². The monoisotopic (exact) mass is 382 g/mol. The van der Waals surface area contributed by atoms with Crippen LogP contribution in [-0.2, 0) is 0 Å². The van der Waals surface area contributed by atoms with Crippen molar-refractivity contribution in [3.05, 3.63) is 65.0 Å². The normalized spacial score (nSPS) is 10.3. The van der Waals surface area contributed by atoms with Gasteiger partial charge < -0.3 is 24.3 Å². The predicted molar refractivity (Wildman–Crippen MR) is 108 cm³/mol. The number of anilines is 2. The van der Waals surface area contributed by atoms with Crippen LogP contribution in [0.15, 0.2) is 59.4 Å². The van der Waals surface area contributed by atoms with E-state index in [0.29, 0.717) is 34.5 Å². The summed E-state index contributed by atoms with van der Waals surface area (Å²) < 4.78 is 23.0. The van der Waals surface area contributed by atoms with E-state index >= 15 is 0 Å². The van der Waals surface area contributed by atoms with Gasteiger partial charge in [0, 0.05) is 30.0 Å². The second-order valence-corrected chi connectivity index (χ2v) is 5.83. The number of benzene rings is 2. The van der Waals surface area contributed by atoms with Gasteiger partial charge in [0.25, 0.3) is 5.56 Å². The first-order chi connectivity index (χ1) is 13.6. The zero-order valence-corrected chi connectivity index (χ0v) is 16.2. The van der Waals surface area contributed by atoms with Gasteiger partial charge in [0.1, 0.15) is 11.6 Å². The number of rotatable bonds is 7. The van der Waals surface area contributed by atoms with E-state index in [-0.39, 0.29) is 5.56 Å². The minimum atomic E-state index is -0.206. The second-order valence-electron chi connectivity index (χ2n) is 5.83. The van der Waals surface area contributed by atoms with Gasteiger partial charge in [-0.2, -0.15) is 0 Å². The van der Waals surface area contributed by atoms with Crippen LogP contribution >= 0.6 is 0 Å². The standard InChI is InChI=1S/C21H22N2O5/c1-25-16-8-5-7-14(11-16)22-19-9-6-10-20(24)23(19)15-12-17(26-2)21(28-4)18(13-15)27-3/h5-13,22H,1-4H3. The third-order valence-electron chi connectivity index (χ3n) is 4.20. The second kappa shape index (κ2) is 8.39. The Balaban J connectivity index is 2.14. The van der Waals surface area contributed by atoms with Crippen LogP contribution in [0, 0.1) is 0 Å². The van der Waals surface area contributed by atoms with Gasteiger partial charge in [-0.25, -0.2) is 0 Å². The molecule has 2 aromatic carbocycles. The third kappa shape index (κ3) is 3.73. The minimum absolute atomic E-state index is 0.206. The Kier molecular flexibility index (Phi) is 5.74. The fourth-order valence-electron chi connectivity index (χ4n) is 2.90. The van der Waals surface area contributed by atoms with Crippen molar-refractivity contribution in [2.75, 3.05) is 33.8 Å². The Morgan fingerprint density at radius 2 is 1.46 bits per heavy atom. The summed E-state index contributed by atoms with van der Waals surface area (Å²) in [5.41, 5.74) is 1.15. The quantitative estimate of drug-likeness (QED) is 0.673. The fraction of sp³-hybridized carbons (Fsp3) is 0.190. The largest absolute Gasteiger partial charge is 0.497 e. The summed E-state index contributed by atoms with van der Waals surface area (Å²) in [5.74, 6) is 2.66. The maximum Gasteiger partial charge on any atom is 0.256 e. The topological polar surface area (TPSA) is 71.0 Å².